The van der Waals surface area contributed by atoms with Gasteiger partial charge in [-0.3, -0.25) is 0 Å². The first-order valence-corrected chi connectivity index (χ1v) is 7.01. The van der Waals surface area contributed by atoms with Gasteiger partial charge in [-0.05, 0) is 31.9 Å². The molecule has 0 aliphatic carbocycles. The van der Waals surface area contributed by atoms with Gasteiger partial charge in [0.1, 0.15) is 0 Å². The Kier molecular flexibility index (Phi) is 6.32. The van der Waals surface area contributed by atoms with Crippen LogP contribution in [0.5, 0.6) is 0 Å². The van der Waals surface area contributed by atoms with Gasteiger partial charge in [0.25, 0.3) is 0 Å². The average molecular weight is 274 g/mol. The van der Waals surface area contributed by atoms with Gasteiger partial charge in [-0.25, -0.2) is 0 Å². The van der Waals surface area contributed by atoms with Crippen LogP contribution in [0.3, 0.4) is 0 Å². The number of rotatable bonds is 6. The van der Waals surface area contributed by atoms with Gasteiger partial charge in [0.15, 0.2) is 0 Å². The van der Waals surface area contributed by atoms with Gasteiger partial charge >= 0.3 is 0 Å². The lowest BCUT2D eigenvalue weighted by Crippen LogP contribution is -2.29. The predicted octanol–water partition coefficient (Wildman–Crippen LogP) is 5.22. The average Bonchev–Trinajstić information content (AvgIpc) is 2.29. The molecule has 1 rings (SSSR count). The Morgan fingerprint density at radius 3 is 2.59 bits per heavy atom. The van der Waals surface area contributed by atoms with Crippen molar-refractivity contribution < 1.29 is 0 Å². The fourth-order valence-corrected chi connectivity index (χ4v) is 2.44. The lowest BCUT2D eigenvalue weighted by atomic mass is 10.1. The predicted molar refractivity (Wildman–Crippen MR) is 77.0 cm³/mol. The van der Waals surface area contributed by atoms with E-state index in [9.17, 15) is 0 Å². The molecule has 0 saturated heterocycles. The Balaban J connectivity index is 2.63. The molecule has 0 aliphatic heterocycles. The van der Waals surface area contributed by atoms with Crippen molar-refractivity contribution >= 4 is 23.2 Å². The molecule has 0 spiro atoms. The van der Waals surface area contributed by atoms with Crippen molar-refractivity contribution in [1.29, 1.82) is 0 Å². The highest BCUT2D eigenvalue weighted by Crippen LogP contribution is 2.30. The van der Waals surface area contributed by atoms with Gasteiger partial charge in [-0.2, -0.15) is 0 Å². The molecule has 96 valence electrons. The summed E-state index contributed by atoms with van der Waals surface area (Å²) in [6.07, 6.45) is 3.68. The maximum absolute atomic E-state index is 6.20. The molecule has 0 saturated carbocycles. The molecule has 0 aliphatic rings. The monoisotopic (exact) mass is 273 g/mol. The maximum Gasteiger partial charge on any atom is 0.0639 e. The van der Waals surface area contributed by atoms with Gasteiger partial charge in [0.2, 0.25) is 0 Å². The fourth-order valence-electron chi connectivity index (χ4n) is 1.97. The first-order chi connectivity index (χ1) is 8.06. The minimum absolute atomic E-state index is 0.230. The molecule has 2 unspecified atom stereocenters. The van der Waals surface area contributed by atoms with Crippen molar-refractivity contribution in [2.24, 2.45) is 0 Å². The second-order valence-corrected chi connectivity index (χ2v) is 5.36. The van der Waals surface area contributed by atoms with Crippen LogP contribution in [-0.2, 0) is 0 Å². The smallest absolute Gasteiger partial charge is 0.0639 e. The third-order valence-electron chi connectivity index (χ3n) is 2.97. The zero-order valence-electron chi connectivity index (χ0n) is 10.8. The summed E-state index contributed by atoms with van der Waals surface area (Å²) in [5, 5.41) is 4.84. The van der Waals surface area contributed by atoms with Crippen LogP contribution in [-0.4, -0.2) is 6.04 Å². The Bertz CT molecular complexity index is 352. The van der Waals surface area contributed by atoms with Crippen molar-refractivity contribution in [3.8, 4) is 0 Å². The van der Waals surface area contributed by atoms with Crippen molar-refractivity contribution in [2.75, 3.05) is 0 Å². The number of hydrogen-bond donors (Lipinski definition) is 1. The highest BCUT2D eigenvalue weighted by molar-refractivity contribution is 6.42. The van der Waals surface area contributed by atoms with E-state index in [2.05, 4.69) is 26.1 Å². The summed E-state index contributed by atoms with van der Waals surface area (Å²) < 4.78 is 0. The van der Waals surface area contributed by atoms with Crippen molar-refractivity contribution in [3.63, 3.8) is 0 Å². The Hall–Kier alpha value is -0.240. The molecule has 3 heteroatoms. The van der Waals surface area contributed by atoms with E-state index in [0.29, 0.717) is 16.1 Å². The van der Waals surface area contributed by atoms with E-state index in [-0.39, 0.29) is 6.04 Å². The SMILES string of the molecule is CCCCC(C)NC(C)c1cccc(Cl)c1Cl. The van der Waals surface area contributed by atoms with E-state index in [1.165, 1.54) is 19.3 Å². The molecule has 0 bridgehead atoms. The number of nitrogens with one attached hydrogen (secondary N) is 1. The molecular formula is C14H21Cl2N. The Morgan fingerprint density at radius 1 is 1.24 bits per heavy atom. The number of hydrogen-bond acceptors (Lipinski definition) is 1. The van der Waals surface area contributed by atoms with E-state index in [1.807, 2.05) is 18.2 Å². The Morgan fingerprint density at radius 2 is 1.94 bits per heavy atom. The van der Waals surface area contributed by atoms with E-state index in [4.69, 9.17) is 23.2 Å². The third kappa shape index (κ3) is 4.50. The molecular weight excluding hydrogens is 253 g/mol. The van der Waals surface area contributed by atoms with Crippen LogP contribution in [0.4, 0.5) is 0 Å². The van der Waals surface area contributed by atoms with E-state index in [1.54, 1.807) is 0 Å². The highest BCUT2D eigenvalue weighted by atomic mass is 35.5. The van der Waals surface area contributed by atoms with Crippen molar-refractivity contribution in [1.82, 2.24) is 5.32 Å². The van der Waals surface area contributed by atoms with Gasteiger partial charge in [0, 0.05) is 12.1 Å². The summed E-state index contributed by atoms with van der Waals surface area (Å²) in [6, 6.07) is 6.52. The molecule has 1 nitrogen and oxygen atoms in total. The normalized spacial score (nSPS) is 14.6. The van der Waals surface area contributed by atoms with Crippen LogP contribution in [0.15, 0.2) is 18.2 Å². The topological polar surface area (TPSA) is 12.0 Å². The first kappa shape index (κ1) is 14.8. The first-order valence-electron chi connectivity index (χ1n) is 6.26. The molecule has 1 aromatic rings. The van der Waals surface area contributed by atoms with E-state index >= 15 is 0 Å². The third-order valence-corrected chi connectivity index (χ3v) is 3.81. The minimum atomic E-state index is 0.230. The quantitative estimate of drug-likeness (QED) is 0.749. The standard InChI is InChI=1S/C14H21Cl2N/c1-4-5-7-10(2)17-11(3)12-8-6-9-13(15)14(12)16/h6,8-11,17H,4-5,7H2,1-3H3. The summed E-state index contributed by atoms with van der Waals surface area (Å²) in [6.45, 7) is 6.55. The molecule has 0 aromatic heterocycles. The molecule has 0 fully saturated rings. The van der Waals surface area contributed by atoms with E-state index < -0.39 is 0 Å². The second kappa shape index (κ2) is 7.25. The molecule has 17 heavy (non-hydrogen) atoms. The minimum Gasteiger partial charge on any atom is -0.308 e. The largest absolute Gasteiger partial charge is 0.308 e. The molecule has 0 amide bonds. The number of benzene rings is 1. The summed E-state index contributed by atoms with van der Waals surface area (Å²) in [5.74, 6) is 0. The fraction of sp³-hybridized carbons (Fsp3) is 0.571. The van der Waals surface area contributed by atoms with Crippen LogP contribution >= 0.6 is 23.2 Å². The summed E-state index contributed by atoms with van der Waals surface area (Å²) >= 11 is 12.2. The summed E-state index contributed by atoms with van der Waals surface area (Å²) in [5.41, 5.74) is 1.07. The van der Waals surface area contributed by atoms with Gasteiger partial charge in [0.05, 0.1) is 10.0 Å². The molecule has 0 heterocycles. The van der Waals surface area contributed by atoms with Crippen LogP contribution in [0, 0.1) is 0 Å². The summed E-state index contributed by atoms with van der Waals surface area (Å²) in [7, 11) is 0. The number of unbranched alkanes of at least 4 members (excludes halogenated alkanes) is 1. The lowest BCUT2D eigenvalue weighted by molar-refractivity contribution is 0.444. The second-order valence-electron chi connectivity index (χ2n) is 4.57. The van der Waals surface area contributed by atoms with Crippen LogP contribution < -0.4 is 5.32 Å². The van der Waals surface area contributed by atoms with Crippen LogP contribution in [0.2, 0.25) is 10.0 Å². The van der Waals surface area contributed by atoms with Gasteiger partial charge in [-0.15, -0.1) is 0 Å². The zero-order valence-corrected chi connectivity index (χ0v) is 12.3. The lowest BCUT2D eigenvalue weighted by Gasteiger charge is -2.21. The van der Waals surface area contributed by atoms with Crippen LogP contribution in [0.1, 0.15) is 51.6 Å². The van der Waals surface area contributed by atoms with E-state index in [0.717, 1.165) is 5.56 Å². The van der Waals surface area contributed by atoms with Crippen molar-refractivity contribution in [2.45, 2.75) is 52.1 Å². The highest BCUT2D eigenvalue weighted by Gasteiger charge is 2.13. The number of halogens is 2. The van der Waals surface area contributed by atoms with Gasteiger partial charge in [-0.1, -0.05) is 55.1 Å². The molecule has 0 radical (unpaired) electrons. The van der Waals surface area contributed by atoms with Gasteiger partial charge < -0.3 is 5.32 Å². The van der Waals surface area contributed by atoms with Crippen LogP contribution in [0.25, 0.3) is 0 Å². The zero-order chi connectivity index (χ0) is 12.8. The molecule has 2 atom stereocenters. The van der Waals surface area contributed by atoms with Crippen molar-refractivity contribution in [3.05, 3.63) is 33.8 Å². The molecule has 1 aromatic carbocycles. The summed E-state index contributed by atoms with van der Waals surface area (Å²) in [4.78, 5) is 0. The maximum atomic E-state index is 6.20. The Labute approximate surface area is 115 Å². The molecule has 1 N–H and O–H groups in total.